The Morgan fingerprint density at radius 2 is 1.95 bits per heavy atom. The molecule has 0 amide bonds. The molecule has 6 heteroatoms. The van der Waals surface area contributed by atoms with Crippen molar-refractivity contribution >= 4 is 32.1 Å². The van der Waals surface area contributed by atoms with E-state index in [1.807, 2.05) is 24.3 Å². The molecule has 0 unspecified atom stereocenters. The molecule has 1 aromatic heterocycles. The summed E-state index contributed by atoms with van der Waals surface area (Å²) in [6, 6.07) is 7.60. The first-order valence-electron chi connectivity index (χ1n) is 6.29. The second-order valence-corrected chi connectivity index (χ2v) is 8.14. The van der Waals surface area contributed by atoms with Crippen molar-refractivity contribution in [3.05, 3.63) is 30.5 Å². The second kappa shape index (κ2) is 4.94. The van der Waals surface area contributed by atoms with Gasteiger partial charge in [0.25, 0.3) is 0 Å². The van der Waals surface area contributed by atoms with Gasteiger partial charge in [-0.1, -0.05) is 18.2 Å². The number of nitrogens with two attached hydrogens (primary N) is 1. The van der Waals surface area contributed by atoms with Crippen LogP contribution in [0.15, 0.2) is 30.5 Å². The van der Waals surface area contributed by atoms with Crippen molar-refractivity contribution in [2.45, 2.75) is 18.6 Å². The summed E-state index contributed by atoms with van der Waals surface area (Å²) < 4.78 is 22.6. The minimum atomic E-state index is -3.16. The van der Waals surface area contributed by atoms with Crippen LogP contribution in [0.25, 0.3) is 10.9 Å². The molecule has 1 aromatic carbocycles. The highest BCUT2D eigenvalue weighted by Crippen LogP contribution is 2.28. The maximum Gasteiger partial charge on any atom is 0.154 e. The fourth-order valence-corrected chi connectivity index (χ4v) is 2.12. The van der Waals surface area contributed by atoms with Crippen LogP contribution >= 0.6 is 0 Å². The van der Waals surface area contributed by atoms with Crippen molar-refractivity contribution in [3.8, 4) is 0 Å². The molecule has 0 aliphatic rings. The smallest absolute Gasteiger partial charge is 0.154 e. The first kappa shape index (κ1) is 14.6. The average molecular weight is 293 g/mol. The van der Waals surface area contributed by atoms with Crippen LogP contribution in [0.2, 0.25) is 0 Å². The molecule has 5 nitrogen and oxygen atoms in total. The Bertz CT molecular complexity index is 739. The van der Waals surface area contributed by atoms with Crippen LogP contribution < -0.4 is 11.1 Å². The summed E-state index contributed by atoms with van der Waals surface area (Å²) in [5, 5.41) is 4.04. The number of anilines is 2. The molecule has 0 fully saturated rings. The average Bonchev–Trinajstić information content (AvgIpc) is 2.36. The van der Waals surface area contributed by atoms with Gasteiger partial charge in [0.2, 0.25) is 0 Å². The number of sulfone groups is 1. The molecule has 0 saturated carbocycles. The standard InChI is InChI=1S/C14H19N3O2S/c1-14(2,20(3,18)19)9-17-13-10-6-4-5-7-12(10)16-8-11(13)15/h4-8H,9,15H2,1-3H3,(H,16,17). The molecule has 0 aliphatic heterocycles. The van der Waals surface area contributed by atoms with Gasteiger partial charge in [-0.2, -0.15) is 0 Å². The predicted molar refractivity (Wildman–Crippen MR) is 83.6 cm³/mol. The van der Waals surface area contributed by atoms with Crippen molar-refractivity contribution in [3.63, 3.8) is 0 Å². The van der Waals surface area contributed by atoms with Crippen molar-refractivity contribution in [1.29, 1.82) is 0 Å². The molecule has 0 radical (unpaired) electrons. The molecule has 0 atom stereocenters. The first-order chi connectivity index (χ1) is 9.22. The van der Waals surface area contributed by atoms with Gasteiger partial charge >= 0.3 is 0 Å². The number of nitrogen functional groups attached to an aromatic ring is 1. The van der Waals surface area contributed by atoms with Crippen LogP contribution in [-0.4, -0.2) is 30.9 Å². The maximum absolute atomic E-state index is 11.7. The Morgan fingerprint density at radius 3 is 2.60 bits per heavy atom. The van der Waals surface area contributed by atoms with E-state index in [4.69, 9.17) is 5.73 Å². The van der Waals surface area contributed by atoms with E-state index in [-0.39, 0.29) is 6.54 Å². The summed E-state index contributed by atoms with van der Waals surface area (Å²) in [6.07, 6.45) is 2.82. The minimum Gasteiger partial charge on any atom is -0.396 e. The Labute approximate surface area is 119 Å². The van der Waals surface area contributed by atoms with E-state index in [1.165, 1.54) is 6.26 Å². The summed E-state index contributed by atoms with van der Waals surface area (Å²) in [5.41, 5.74) is 8.01. The zero-order valence-corrected chi connectivity index (χ0v) is 12.7. The quantitative estimate of drug-likeness (QED) is 0.901. The summed E-state index contributed by atoms with van der Waals surface area (Å²) >= 11 is 0. The van der Waals surface area contributed by atoms with Gasteiger partial charge in [-0.25, -0.2) is 8.42 Å². The SMILES string of the molecule is CC(C)(CNc1c(N)cnc2ccccc12)S(C)(=O)=O. The van der Waals surface area contributed by atoms with Gasteiger partial charge in [-0.15, -0.1) is 0 Å². The van der Waals surface area contributed by atoms with Crippen molar-refractivity contribution < 1.29 is 8.42 Å². The Kier molecular flexibility index (Phi) is 3.60. The van der Waals surface area contributed by atoms with Crippen molar-refractivity contribution in [2.24, 2.45) is 0 Å². The first-order valence-corrected chi connectivity index (χ1v) is 8.18. The fraction of sp³-hybridized carbons (Fsp3) is 0.357. The minimum absolute atomic E-state index is 0.282. The highest BCUT2D eigenvalue weighted by molar-refractivity contribution is 7.92. The van der Waals surface area contributed by atoms with E-state index in [1.54, 1.807) is 20.0 Å². The summed E-state index contributed by atoms with van der Waals surface area (Å²) in [6.45, 7) is 3.66. The molecule has 0 aliphatic carbocycles. The predicted octanol–water partition coefficient (Wildman–Crippen LogP) is 2.05. The zero-order valence-electron chi connectivity index (χ0n) is 11.8. The lowest BCUT2D eigenvalue weighted by molar-refractivity contribution is 0.560. The van der Waals surface area contributed by atoms with Gasteiger partial charge in [0, 0.05) is 18.2 Å². The van der Waals surface area contributed by atoms with E-state index in [2.05, 4.69) is 10.3 Å². The third-order valence-corrected chi connectivity index (χ3v) is 5.65. The number of aromatic nitrogens is 1. The Morgan fingerprint density at radius 1 is 1.30 bits per heavy atom. The van der Waals surface area contributed by atoms with Gasteiger partial charge in [0.05, 0.1) is 27.8 Å². The van der Waals surface area contributed by atoms with E-state index in [0.717, 1.165) is 16.6 Å². The normalized spacial score (nSPS) is 12.6. The molecule has 0 bridgehead atoms. The number of para-hydroxylation sites is 1. The second-order valence-electron chi connectivity index (χ2n) is 5.49. The van der Waals surface area contributed by atoms with Gasteiger partial charge in [-0.3, -0.25) is 4.98 Å². The number of hydrogen-bond acceptors (Lipinski definition) is 5. The van der Waals surface area contributed by atoms with Crippen LogP contribution in [0.4, 0.5) is 11.4 Å². The molecule has 20 heavy (non-hydrogen) atoms. The molecular weight excluding hydrogens is 274 g/mol. The molecule has 0 saturated heterocycles. The third-order valence-electron chi connectivity index (χ3n) is 3.50. The molecule has 2 aromatic rings. The maximum atomic E-state index is 11.7. The largest absolute Gasteiger partial charge is 0.396 e. The fourth-order valence-electron chi connectivity index (χ4n) is 1.79. The van der Waals surface area contributed by atoms with Crippen LogP contribution in [0, 0.1) is 0 Å². The Hall–Kier alpha value is -1.82. The molecule has 1 heterocycles. The monoisotopic (exact) mass is 293 g/mol. The number of benzene rings is 1. The zero-order chi connectivity index (χ0) is 15.0. The van der Waals surface area contributed by atoms with Gasteiger partial charge in [-0.05, 0) is 19.9 Å². The molecule has 2 rings (SSSR count). The van der Waals surface area contributed by atoms with Gasteiger partial charge in [0.1, 0.15) is 0 Å². The van der Waals surface area contributed by atoms with E-state index >= 15 is 0 Å². The lowest BCUT2D eigenvalue weighted by Crippen LogP contribution is -2.38. The van der Waals surface area contributed by atoms with Crippen molar-refractivity contribution in [1.82, 2.24) is 4.98 Å². The van der Waals surface area contributed by atoms with Crippen LogP contribution in [0.5, 0.6) is 0 Å². The summed E-state index contributed by atoms with van der Waals surface area (Å²) in [7, 11) is -3.16. The molecule has 3 N–H and O–H groups in total. The van der Waals surface area contributed by atoms with Crippen LogP contribution in [0.1, 0.15) is 13.8 Å². The third kappa shape index (κ3) is 2.70. The molecule has 0 spiro atoms. The number of nitrogens with zero attached hydrogens (tertiary/aromatic N) is 1. The van der Waals surface area contributed by atoms with E-state index < -0.39 is 14.6 Å². The highest BCUT2D eigenvalue weighted by atomic mass is 32.2. The number of rotatable bonds is 4. The van der Waals surface area contributed by atoms with Crippen LogP contribution in [0.3, 0.4) is 0 Å². The lowest BCUT2D eigenvalue weighted by atomic mass is 10.1. The van der Waals surface area contributed by atoms with Crippen LogP contribution in [-0.2, 0) is 9.84 Å². The number of fused-ring (bicyclic) bond motifs is 1. The Balaban J connectivity index is 2.38. The topological polar surface area (TPSA) is 85.1 Å². The van der Waals surface area contributed by atoms with Crippen molar-refractivity contribution in [2.75, 3.05) is 23.9 Å². The van der Waals surface area contributed by atoms with Gasteiger partial charge in [0.15, 0.2) is 9.84 Å². The number of nitrogens with one attached hydrogen (secondary N) is 1. The number of hydrogen-bond donors (Lipinski definition) is 2. The van der Waals surface area contributed by atoms with E-state index in [9.17, 15) is 8.42 Å². The summed E-state index contributed by atoms with van der Waals surface area (Å²) in [5.74, 6) is 0. The summed E-state index contributed by atoms with van der Waals surface area (Å²) in [4.78, 5) is 4.25. The number of pyridine rings is 1. The molecular formula is C14H19N3O2S. The molecule has 108 valence electrons. The lowest BCUT2D eigenvalue weighted by Gasteiger charge is -2.24. The van der Waals surface area contributed by atoms with E-state index in [0.29, 0.717) is 5.69 Å². The van der Waals surface area contributed by atoms with Gasteiger partial charge < -0.3 is 11.1 Å². The highest BCUT2D eigenvalue weighted by Gasteiger charge is 2.30.